The van der Waals surface area contributed by atoms with E-state index in [-0.39, 0.29) is 11.8 Å². The fourth-order valence-electron chi connectivity index (χ4n) is 3.19. The Morgan fingerprint density at radius 3 is 2.27 bits per heavy atom. The molecule has 1 saturated carbocycles. The zero-order valence-electron chi connectivity index (χ0n) is 13.3. The van der Waals surface area contributed by atoms with Gasteiger partial charge in [0.1, 0.15) is 0 Å². The predicted molar refractivity (Wildman–Crippen MR) is 86.0 cm³/mol. The summed E-state index contributed by atoms with van der Waals surface area (Å²) in [7, 11) is 4.00. The number of rotatable bonds is 3. The number of ether oxygens (including phenoxy) is 2. The molecule has 1 heterocycles. The Bertz CT molecular complexity index is 511. The Labute approximate surface area is 131 Å². The lowest BCUT2D eigenvalue weighted by Crippen LogP contribution is -2.38. The van der Waals surface area contributed by atoms with Crippen molar-refractivity contribution in [3.63, 3.8) is 0 Å². The SMILES string of the molecule is CN(C)c1ccc(NC(=O)C2CCC3(CC2)OCCO3)cc1. The van der Waals surface area contributed by atoms with Crippen molar-refractivity contribution < 1.29 is 14.3 Å². The van der Waals surface area contributed by atoms with E-state index >= 15 is 0 Å². The molecule has 3 rings (SSSR count). The van der Waals surface area contributed by atoms with Crippen LogP contribution in [-0.2, 0) is 14.3 Å². The van der Waals surface area contributed by atoms with Gasteiger partial charge in [-0.15, -0.1) is 0 Å². The van der Waals surface area contributed by atoms with E-state index in [0.29, 0.717) is 13.2 Å². The van der Waals surface area contributed by atoms with Gasteiger partial charge in [-0.1, -0.05) is 0 Å². The van der Waals surface area contributed by atoms with Gasteiger partial charge in [0.25, 0.3) is 0 Å². The molecule has 2 fully saturated rings. The Morgan fingerprint density at radius 1 is 1.14 bits per heavy atom. The van der Waals surface area contributed by atoms with Crippen LogP contribution in [0.4, 0.5) is 11.4 Å². The molecule has 1 saturated heterocycles. The fraction of sp³-hybridized carbons (Fsp3) is 0.588. The molecular weight excluding hydrogens is 280 g/mol. The van der Waals surface area contributed by atoms with Crippen LogP contribution in [0.25, 0.3) is 0 Å². The van der Waals surface area contributed by atoms with Gasteiger partial charge in [-0.2, -0.15) is 0 Å². The topological polar surface area (TPSA) is 50.8 Å². The van der Waals surface area contributed by atoms with Crippen molar-refractivity contribution in [2.45, 2.75) is 31.5 Å². The third-order valence-corrected chi connectivity index (χ3v) is 4.58. The van der Waals surface area contributed by atoms with E-state index in [9.17, 15) is 4.79 Å². The van der Waals surface area contributed by atoms with Gasteiger partial charge < -0.3 is 19.7 Å². The Kier molecular flexibility index (Phi) is 4.36. The molecule has 0 bridgehead atoms. The lowest BCUT2D eigenvalue weighted by molar-refractivity contribution is -0.182. The van der Waals surface area contributed by atoms with Crippen LogP contribution in [0.2, 0.25) is 0 Å². The molecule has 0 radical (unpaired) electrons. The van der Waals surface area contributed by atoms with Gasteiger partial charge in [-0.3, -0.25) is 4.79 Å². The molecule has 5 heteroatoms. The molecule has 1 aliphatic heterocycles. The summed E-state index contributed by atoms with van der Waals surface area (Å²) in [5.41, 5.74) is 1.97. The molecule has 1 aliphatic carbocycles. The number of nitrogens with one attached hydrogen (secondary N) is 1. The van der Waals surface area contributed by atoms with Crippen LogP contribution in [0.1, 0.15) is 25.7 Å². The molecule has 1 amide bonds. The van der Waals surface area contributed by atoms with E-state index < -0.39 is 5.79 Å². The first kappa shape index (κ1) is 15.3. The zero-order valence-corrected chi connectivity index (χ0v) is 13.3. The second-order valence-electron chi connectivity index (χ2n) is 6.31. The van der Waals surface area contributed by atoms with E-state index in [2.05, 4.69) is 5.32 Å². The van der Waals surface area contributed by atoms with Gasteiger partial charge >= 0.3 is 0 Å². The molecule has 1 spiro atoms. The van der Waals surface area contributed by atoms with Crippen LogP contribution in [0, 0.1) is 5.92 Å². The first-order chi connectivity index (χ1) is 10.6. The van der Waals surface area contributed by atoms with Crippen LogP contribution in [0.15, 0.2) is 24.3 Å². The smallest absolute Gasteiger partial charge is 0.227 e. The van der Waals surface area contributed by atoms with E-state index in [1.165, 1.54) is 0 Å². The average molecular weight is 304 g/mol. The maximum absolute atomic E-state index is 12.4. The zero-order chi connectivity index (χ0) is 15.6. The largest absolute Gasteiger partial charge is 0.378 e. The number of anilines is 2. The highest BCUT2D eigenvalue weighted by molar-refractivity contribution is 5.92. The maximum atomic E-state index is 12.4. The molecule has 1 N–H and O–H groups in total. The van der Waals surface area contributed by atoms with Crippen molar-refractivity contribution in [2.75, 3.05) is 37.5 Å². The summed E-state index contributed by atoms with van der Waals surface area (Å²) in [5, 5.41) is 3.02. The number of hydrogen-bond acceptors (Lipinski definition) is 4. The summed E-state index contributed by atoms with van der Waals surface area (Å²) in [6.07, 6.45) is 3.26. The van der Waals surface area contributed by atoms with Crippen molar-refractivity contribution in [3.8, 4) is 0 Å². The summed E-state index contributed by atoms with van der Waals surface area (Å²) in [4.78, 5) is 14.4. The summed E-state index contributed by atoms with van der Waals surface area (Å²) in [6, 6.07) is 7.90. The van der Waals surface area contributed by atoms with Gasteiger partial charge in [-0.05, 0) is 37.1 Å². The lowest BCUT2D eigenvalue weighted by Gasteiger charge is -2.34. The Hall–Kier alpha value is -1.59. The van der Waals surface area contributed by atoms with Crippen molar-refractivity contribution in [1.82, 2.24) is 0 Å². The molecule has 120 valence electrons. The highest BCUT2D eigenvalue weighted by Crippen LogP contribution is 2.38. The standard InChI is InChI=1S/C17H24N2O3/c1-19(2)15-5-3-14(4-6-15)18-16(20)13-7-9-17(10-8-13)21-11-12-22-17/h3-6,13H,7-12H2,1-2H3,(H,18,20). The molecule has 1 aromatic carbocycles. The Balaban J connectivity index is 1.54. The molecule has 5 nitrogen and oxygen atoms in total. The molecule has 1 aromatic rings. The monoisotopic (exact) mass is 304 g/mol. The minimum atomic E-state index is -0.399. The molecular formula is C17H24N2O3. The summed E-state index contributed by atoms with van der Waals surface area (Å²) < 4.78 is 11.4. The van der Waals surface area contributed by atoms with E-state index in [4.69, 9.17) is 9.47 Å². The minimum absolute atomic E-state index is 0.0481. The molecule has 0 unspecified atom stereocenters. The highest BCUT2D eigenvalue weighted by atomic mass is 16.7. The van der Waals surface area contributed by atoms with Gasteiger partial charge in [0.05, 0.1) is 13.2 Å². The van der Waals surface area contributed by atoms with Gasteiger partial charge in [0.2, 0.25) is 5.91 Å². The Morgan fingerprint density at radius 2 is 1.73 bits per heavy atom. The van der Waals surface area contributed by atoms with Gasteiger partial charge in [0, 0.05) is 44.2 Å². The van der Waals surface area contributed by atoms with E-state index in [1.807, 2.05) is 43.3 Å². The predicted octanol–water partition coefficient (Wildman–Crippen LogP) is 2.62. The van der Waals surface area contributed by atoms with Crippen LogP contribution < -0.4 is 10.2 Å². The van der Waals surface area contributed by atoms with E-state index in [0.717, 1.165) is 37.1 Å². The third kappa shape index (κ3) is 3.25. The fourth-order valence-corrected chi connectivity index (χ4v) is 3.19. The van der Waals surface area contributed by atoms with Crippen LogP contribution >= 0.6 is 0 Å². The van der Waals surface area contributed by atoms with Crippen molar-refractivity contribution in [1.29, 1.82) is 0 Å². The molecule has 2 aliphatic rings. The first-order valence-corrected chi connectivity index (χ1v) is 7.94. The van der Waals surface area contributed by atoms with Crippen molar-refractivity contribution >= 4 is 17.3 Å². The number of benzene rings is 1. The molecule has 0 atom stereocenters. The van der Waals surface area contributed by atoms with Gasteiger partial charge in [-0.25, -0.2) is 0 Å². The number of amides is 1. The summed E-state index contributed by atoms with van der Waals surface area (Å²) in [5.74, 6) is -0.248. The molecule has 0 aromatic heterocycles. The highest BCUT2D eigenvalue weighted by Gasteiger charge is 2.41. The quantitative estimate of drug-likeness (QED) is 0.932. The summed E-state index contributed by atoms with van der Waals surface area (Å²) in [6.45, 7) is 1.35. The maximum Gasteiger partial charge on any atom is 0.227 e. The number of nitrogens with zero attached hydrogens (tertiary/aromatic N) is 1. The minimum Gasteiger partial charge on any atom is -0.378 e. The number of hydrogen-bond donors (Lipinski definition) is 1. The lowest BCUT2D eigenvalue weighted by atomic mass is 9.84. The van der Waals surface area contributed by atoms with Crippen LogP contribution in [-0.4, -0.2) is 39.0 Å². The van der Waals surface area contributed by atoms with Gasteiger partial charge in [0.15, 0.2) is 5.79 Å². The average Bonchev–Trinajstić information content (AvgIpc) is 2.96. The van der Waals surface area contributed by atoms with Crippen molar-refractivity contribution in [2.24, 2.45) is 5.92 Å². The molecule has 22 heavy (non-hydrogen) atoms. The van der Waals surface area contributed by atoms with Crippen LogP contribution in [0.3, 0.4) is 0 Å². The third-order valence-electron chi connectivity index (χ3n) is 4.58. The second kappa shape index (κ2) is 6.26. The number of carbonyl (C=O) groups excluding carboxylic acids is 1. The first-order valence-electron chi connectivity index (χ1n) is 7.94. The summed E-state index contributed by atoms with van der Waals surface area (Å²) >= 11 is 0. The van der Waals surface area contributed by atoms with E-state index in [1.54, 1.807) is 0 Å². The number of carbonyl (C=O) groups is 1. The second-order valence-corrected chi connectivity index (χ2v) is 6.31. The van der Waals surface area contributed by atoms with Crippen molar-refractivity contribution in [3.05, 3.63) is 24.3 Å². The van der Waals surface area contributed by atoms with Crippen LogP contribution in [0.5, 0.6) is 0 Å². The normalized spacial score (nSPS) is 21.0.